The summed E-state index contributed by atoms with van der Waals surface area (Å²) in [6, 6.07) is 17.9. The maximum Gasteiger partial charge on any atom is 0.320 e. The first-order chi connectivity index (χ1) is 20.0. The second kappa shape index (κ2) is 13.7. The number of nitrogens with two attached hydrogens (primary N) is 1. The van der Waals surface area contributed by atoms with Gasteiger partial charge in [0.05, 0.1) is 19.1 Å². The molecule has 0 bridgehead atoms. The highest BCUT2D eigenvalue weighted by Crippen LogP contribution is 2.31. The Morgan fingerprint density at radius 1 is 1.10 bits per heavy atom. The number of hydrogen-bond donors (Lipinski definition) is 4. The van der Waals surface area contributed by atoms with Crippen LogP contribution in [-0.2, 0) is 25.7 Å². The lowest BCUT2D eigenvalue weighted by Gasteiger charge is -2.34. The van der Waals surface area contributed by atoms with Gasteiger partial charge in [-0.3, -0.25) is 25.1 Å². The summed E-state index contributed by atoms with van der Waals surface area (Å²) in [4.78, 5) is 46.3. The van der Waals surface area contributed by atoms with Crippen LogP contribution in [0.3, 0.4) is 0 Å². The van der Waals surface area contributed by atoms with Crippen LogP contribution in [-0.4, -0.2) is 64.3 Å². The quantitative estimate of drug-likeness (QED) is 0.152. The molecule has 1 aliphatic rings. The molecule has 0 spiro atoms. The van der Waals surface area contributed by atoms with Crippen molar-refractivity contribution in [2.24, 2.45) is 5.73 Å². The third-order valence-corrected chi connectivity index (χ3v) is 7.73. The number of nitrogens with zero attached hydrogens (tertiary/aromatic N) is 2. The molecular weight excluding hydrogens is 552 g/mol. The van der Waals surface area contributed by atoms with E-state index in [0.29, 0.717) is 30.1 Å². The minimum absolute atomic E-state index is 0.132. The minimum Gasteiger partial charge on any atom is -0.459 e. The van der Waals surface area contributed by atoms with Crippen LogP contribution in [0.5, 0.6) is 0 Å². The fraction of sp³-hybridized carbons (Fsp3) is 0.387. The predicted molar refractivity (Wildman–Crippen MR) is 162 cm³/mol. The number of carbonyl (C=O) groups is 3. The number of benzene rings is 2. The largest absolute Gasteiger partial charge is 0.459 e. The van der Waals surface area contributed by atoms with Gasteiger partial charge in [-0.2, -0.15) is 0 Å². The SMILES string of the molecule is CC(C)(C)OC(=O)CN[C@@H](C(=O)N1CCC[C@H]1C(=O)NCc1nc(C(=N)N)cs1)C(c1ccccc1)c1ccccc1. The first kappa shape index (κ1) is 30.9. The molecule has 2 heterocycles. The maximum atomic E-state index is 14.4. The zero-order valence-corrected chi connectivity index (χ0v) is 24.9. The highest BCUT2D eigenvalue weighted by atomic mass is 32.1. The molecule has 1 aliphatic heterocycles. The number of amides is 2. The van der Waals surface area contributed by atoms with Crippen LogP contribution < -0.4 is 16.4 Å². The van der Waals surface area contributed by atoms with E-state index < -0.39 is 29.6 Å². The molecule has 222 valence electrons. The topological polar surface area (TPSA) is 151 Å². The average molecular weight is 591 g/mol. The molecule has 1 saturated heterocycles. The number of nitrogen functional groups attached to an aromatic ring is 1. The Bertz CT molecular complexity index is 1350. The first-order valence-corrected chi connectivity index (χ1v) is 14.8. The molecule has 10 nitrogen and oxygen atoms in total. The molecule has 1 aromatic heterocycles. The van der Waals surface area contributed by atoms with Gasteiger partial charge in [0.15, 0.2) is 0 Å². The molecular formula is C31H38N6O4S. The first-order valence-electron chi connectivity index (χ1n) is 14.0. The molecule has 0 radical (unpaired) electrons. The Balaban J connectivity index is 1.59. The van der Waals surface area contributed by atoms with E-state index in [1.54, 1.807) is 31.1 Å². The summed E-state index contributed by atoms with van der Waals surface area (Å²) in [7, 11) is 0. The Morgan fingerprint density at radius 3 is 2.26 bits per heavy atom. The zero-order chi connectivity index (χ0) is 30.3. The second-order valence-corrected chi connectivity index (χ2v) is 12.1. The van der Waals surface area contributed by atoms with E-state index in [-0.39, 0.29) is 30.7 Å². The lowest BCUT2D eigenvalue weighted by atomic mass is 9.84. The van der Waals surface area contributed by atoms with Crippen molar-refractivity contribution in [3.63, 3.8) is 0 Å². The second-order valence-electron chi connectivity index (χ2n) is 11.2. The van der Waals surface area contributed by atoms with Crippen LogP contribution in [0.4, 0.5) is 0 Å². The van der Waals surface area contributed by atoms with Gasteiger partial charge >= 0.3 is 5.97 Å². The van der Waals surface area contributed by atoms with Gasteiger partial charge in [-0.15, -0.1) is 11.3 Å². The van der Waals surface area contributed by atoms with Gasteiger partial charge in [-0.25, -0.2) is 4.98 Å². The summed E-state index contributed by atoms with van der Waals surface area (Å²) >= 11 is 1.31. The molecule has 2 atom stereocenters. The van der Waals surface area contributed by atoms with E-state index in [9.17, 15) is 14.4 Å². The molecule has 3 aromatic rings. The molecule has 1 fully saturated rings. The molecule has 0 unspecified atom stereocenters. The Hall–Kier alpha value is -4.09. The molecule has 0 saturated carbocycles. The Kier molecular flexibility index (Phi) is 10.1. The number of nitrogens with one attached hydrogen (secondary N) is 3. The third-order valence-electron chi connectivity index (χ3n) is 6.88. The van der Waals surface area contributed by atoms with Gasteiger partial charge in [0.25, 0.3) is 0 Å². The van der Waals surface area contributed by atoms with E-state index in [1.165, 1.54) is 11.3 Å². The summed E-state index contributed by atoms with van der Waals surface area (Å²) < 4.78 is 5.52. The average Bonchev–Trinajstić information content (AvgIpc) is 3.64. The molecule has 4 rings (SSSR count). The van der Waals surface area contributed by atoms with E-state index in [0.717, 1.165) is 11.1 Å². The minimum atomic E-state index is -0.840. The highest BCUT2D eigenvalue weighted by molar-refractivity contribution is 7.09. The standard InChI is InChI=1S/C31H38N6O4S/c1-31(2,3)41-25(38)18-34-27(26(20-11-6-4-7-12-20)21-13-8-5-9-14-21)30(40)37-16-10-15-23(37)29(39)35-17-24-36-22(19-42-24)28(32)33/h4-9,11-14,19,23,26-27,34H,10,15-18H2,1-3H3,(H3,32,33)(H,35,39)/t23-,27+/m0/s1. The molecule has 0 aliphatic carbocycles. The summed E-state index contributed by atoms with van der Waals surface area (Å²) in [6.45, 7) is 5.81. The fourth-order valence-electron chi connectivity index (χ4n) is 5.09. The van der Waals surface area contributed by atoms with Crippen molar-refractivity contribution >= 4 is 35.0 Å². The number of hydrogen-bond acceptors (Lipinski definition) is 8. The third kappa shape index (κ3) is 8.01. The number of esters is 1. The Morgan fingerprint density at radius 2 is 1.71 bits per heavy atom. The lowest BCUT2D eigenvalue weighted by Crippen LogP contribution is -2.55. The summed E-state index contributed by atoms with van der Waals surface area (Å²) in [5.74, 6) is -1.56. The van der Waals surface area contributed by atoms with E-state index in [2.05, 4.69) is 15.6 Å². The number of thiazole rings is 1. The van der Waals surface area contributed by atoms with Crippen LogP contribution in [0, 0.1) is 5.41 Å². The van der Waals surface area contributed by atoms with E-state index >= 15 is 0 Å². The number of likely N-dealkylation sites (tertiary alicyclic amines) is 1. The molecule has 5 N–H and O–H groups in total. The number of amidine groups is 1. The summed E-state index contributed by atoms with van der Waals surface area (Å²) in [5.41, 5.74) is 7.02. The van der Waals surface area contributed by atoms with E-state index in [1.807, 2.05) is 60.7 Å². The van der Waals surface area contributed by atoms with Crippen molar-refractivity contribution in [1.82, 2.24) is 20.5 Å². The molecule has 2 amide bonds. The van der Waals surface area contributed by atoms with Gasteiger partial charge < -0.3 is 20.7 Å². The van der Waals surface area contributed by atoms with Gasteiger partial charge in [-0.05, 0) is 44.7 Å². The van der Waals surface area contributed by atoms with Crippen molar-refractivity contribution in [3.8, 4) is 0 Å². The monoisotopic (exact) mass is 590 g/mol. The number of ether oxygens (including phenoxy) is 1. The van der Waals surface area contributed by atoms with Gasteiger partial charge in [0.2, 0.25) is 11.8 Å². The van der Waals surface area contributed by atoms with Crippen molar-refractivity contribution in [2.45, 2.75) is 63.8 Å². The summed E-state index contributed by atoms with van der Waals surface area (Å²) in [6.07, 6.45) is 1.20. The van der Waals surface area contributed by atoms with Crippen molar-refractivity contribution in [3.05, 3.63) is 87.9 Å². The van der Waals surface area contributed by atoms with Gasteiger partial charge in [0, 0.05) is 17.8 Å². The van der Waals surface area contributed by atoms with Crippen LogP contribution in [0.25, 0.3) is 0 Å². The van der Waals surface area contributed by atoms with E-state index in [4.69, 9.17) is 15.9 Å². The number of carbonyl (C=O) groups excluding carboxylic acids is 3. The highest BCUT2D eigenvalue weighted by Gasteiger charge is 2.41. The van der Waals surface area contributed by atoms with Crippen molar-refractivity contribution < 1.29 is 19.1 Å². The zero-order valence-electron chi connectivity index (χ0n) is 24.1. The molecule has 11 heteroatoms. The molecule has 42 heavy (non-hydrogen) atoms. The van der Waals surface area contributed by atoms with Crippen LogP contribution in [0.2, 0.25) is 0 Å². The number of aromatic nitrogens is 1. The summed E-state index contributed by atoms with van der Waals surface area (Å²) in [5, 5.41) is 15.9. The fourth-order valence-corrected chi connectivity index (χ4v) is 5.83. The maximum absolute atomic E-state index is 14.4. The smallest absolute Gasteiger partial charge is 0.320 e. The van der Waals surface area contributed by atoms with Gasteiger partial charge in [0.1, 0.15) is 28.2 Å². The van der Waals surface area contributed by atoms with Crippen LogP contribution >= 0.6 is 11.3 Å². The predicted octanol–water partition coefficient (Wildman–Crippen LogP) is 3.17. The lowest BCUT2D eigenvalue weighted by molar-refractivity contribution is -0.154. The van der Waals surface area contributed by atoms with Crippen LogP contribution in [0.15, 0.2) is 66.0 Å². The van der Waals surface area contributed by atoms with Crippen molar-refractivity contribution in [1.29, 1.82) is 5.41 Å². The van der Waals surface area contributed by atoms with Crippen LogP contribution in [0.1, 0.15) is 61.4 Å². The molecule has 2 aromatic carbocycles. The Labute approximate surface area is 250 Å². The number of rotatable bonds is 11. The van der Waals surface area contributed by atoms with Gasteiger partial charge in [-0.1, -0.05) is 60.7 Å². The normalized spacial score (nSPS) is 15.8. The van der Waals surface area contributed by atoms with Crippen molar-refractivity contribution in [2.75, 3.05) is 13.1 Å².